The predicted octanol–water partition coefficient (Wildman–Crippen LogP) is 0.859. The fourth-order valence-corrected chi connectivity index (χ4v) is 2.46. The first-order valence-corrected chi connectivity index (χ1v) is 4.77. The summed E-state index contributed by atoms with van der Waals surface area (Å²) in [5.74, 6) is 1.86. The molecule has 1 saturated carbocycles. The molecule has 1 aromatic heterocycles. The van der Waals surface area contributed by atoms with Gasteiger partial charge in [0.1, 0.15) is 6.33 Å². The maximum atomic E-state index is 4.10. The zero-order valence-electron chi connectivity index (χ0n) is 7.59. The molecular weight excluding hydrogens is 164 g/mol. The summed E-state index contributed by atoms with van der Waals surface area (Å²) in [6.07, 6.45) is 5.93. The fourth-order valence-electron chi connectivity index (χ4n) is 2.46. The Bertz CT molecular complexity index is 311. The van der Waals surface area contributed by atoms with Crippen molar-refractivity contribution in [1.29, 1.82) is 0 Å². The van der Waals surface area contributed by atoms with Crippen molar-refractivity contribution >= 4 is 5.82 Å². The van der Waals surface area contributed by atoms with Gasteiger partial charge in [0.05, 0.1) is 6.20 Å². The van der Waals surface area contributed by atoms with Gasteiger partial charge in [-0.1, -0.05) is 0 Å². The van der Waals surface area contributed by atoms with Gasteiger partial charge in [-0.05, 0) is 25.7 Å². The van der Waals surface area contributed by atoms with E-state index in [0.29, 0.717) is 6.04 Å². The maximum absolute atomic E-state index is 4.10. The molecule has 4 heteroatoms. The molecule has 0 radical (unpaired) electrons. The second-order valence-electron chi connectivity index (χ2n) is 4.02. The highest BCUT2D eigenvalue weighted by Gasteiger charge is 2.51. The Morgan fingerprint density at radius 1 is 1.46 bits per heavy atom. The molecule has 1 aromatic rings. The lowest BCUT2D eigenvalue weighted by Crippen LogP contribution is -2.31. The molecule has 3 atom stereocenters. The van der Waals surface area contributed by atoms with Crippen molar-refractivity contribution in [1.82, 2.24) is 15.2 Å². The van der Waals surface area contributed by atoms with Crippen LogP contribution >= 0.6 is 0 Å². The van der Waals surface area contributed by atoms with Gasteiger partial charge in [-0.25, -0.2) is 4.98 Å². The minimum Gasteiger partial charge on any atom is -0.348 e. The predicted molar refractivity (Wildman–Crippen MR) is 48.3 cm³/mol. The third-order valence-corrected chi connectivity index (χ3v) is 3.09. The lowest BCUT2D eigenvalue weighted by Gasteiger charge is -2.24. The zero-order valence-corrected chi connectivity index (χ0v) is 7.59. The molecule has 1 saturated heterocycles. The molecule has 0 amide bonds. The molecule has 68 valence electrons. The molecule has 2 heterocycles. The Morgan fingerprint density at radius 3 is 3.00 bits per heavy atom. The third-order valence-electron chi connectivity index (χ3n) is 3.09. The lowest BCUT2D eigenvalue weighted by molar-refractivity contribution is 0.635. The second kappa shape index (κ2) is 2.40. The molecule has 4 nitrogen and oxygen atoms in total. The maximum Gasteiger partial charge on any atom is 0.170 e. The van der Waals surface area contributed by atoms with E-state index in [2.05, 4.69) is 27.0 Å². The van der Waals surface area contributed by atoms with Crippen LogP contribution in [0.25, 0.3) is 0 Å². The van der Waals surface area contributed by atoms with Gasteiger partial charge in [0.15, 0.2) is 5.82 Å². The van der Waals surface area contributed by atoms with Crippen molar-refractivity contribution in [2.24, 2.45) is 5.92 Å². The van der Waals surface area contributed by atoms with Crippen molar-refractivity contribution in [2.75, 3.05) is 4.90 Å². The van der Waals surface area contributed by atoms with Gasteiger partial charge in [-0.2, -0.15) is 0 Å². The topological polar surface area (TPSA) is 41.9 Å². The number of piperidine rings is 1. The molecule has 1 aliphatic heterocycles. The fraction of sp³-hybridized carbons (Fsp3) is 0.667. The van der Waals surface area contributed by atoms with Crippen molar-refractivity contribution in [3.63, 3.8) is 0 Å². The normalized spacial score (nSPS) is 36.1. The van der Waals surface area contributed by atoms with E-state index in [0.717, 1.165) is 17.8 Å². The molecular formula is C9H12N4. The van der Waals surface area contributed by atoms with E-state index in [1.54, 1.807) is 0 Å². The van der Waals surface area contributed by atoms with Gasteiger partial charge in [0, 0.05) is 12.1 Å². The highest BCUT2D eigenvalue weighted by atomic mass is 15.3. The Morgan fingerprint density at radius 2 is 2.38 bits per heavy atom. The molecule has 13 heavy (non-hydrogen) atoms. The third kappa shape index (κ3) is 1.01. The summed E-state index contributed by atoms with van der Waals surface area (Å²) in [4.78, 5) is 6.37. The quantitative estimate of drug-likeness (QED) is 0.636. The van der Waals surface area contributed by atoms with Crippen LogP contribution in [0.1, 0.15) is 19.8 Å². The number of rotatable bonds is 1. The highest BCUT2D eigenvalue weighted by Crippen LogP contribution is 2.48. The van der Waals surface area contributed by atoms with Crippen molar-refractivity contribution < 1.29 is 0 Å². The SMILES string of the molecule is CC1CC2CC2N1c1cncnn1. The van der Waals surface area contributed by atoms with E-state index >= 15 is 0 Å². The van der Waals surface area contributed by atoms with Crippen LogP contribution in [0.2, 0.25) is 0 Å². The first-order chi connectivity index (χ1) is 6.36. The highest BCUT2D eigenvalue weighted by molar-refractivity contribution is 5.43. The van der Waals surface area contributed by atoms with Crippen LogP contribution in [-0.4, -0.2) is 27.3 Å². The van der Waals surface area contributed by atoms with Crippen LogP contribution in [0.15, 0.2) is 12.5 Å². The van der Waals surface area contributed by atoms with E-state index in [1.165, 1.54) is 19.2 Å². The number of hydrogen-bond acceptors (Lipinski definition) is 4. The van der Waals surface area contributed by atoms with Gasteiger partial charge in [-0.15, -0.1) is 10.2 Å². The number of aromatic nitrogens is 3. The Kier molecular flexibility index (Phi) is 1.34. The molecule has 0 N–H and O–H groups in total. The molecule has 3 rings (SSSR count). The van der Waals surface area contributed by atoms with Crippen molar-refractivity contribution in [2.45, 2.75) is 31.8 Å². The summed E-state index contributed by atoms with van der Waals surface area (Å²) in [6, 6.07) is 1.34. The summed E-state index contributed by atoms with van der Waals surface area (Å²) in [5.41, 5.74) is 0. The average Bonchev–Trinajstić information content (AvgIpc) is 2.80. The zero-order chi connectivity index (χ0) is 8.84. The van der Waals surface area contributed by atoms with Gasteiger partial charge >= 0.3 is 0 Å². The van der Waals surface area contributed by atoms with E-state index in [1.807, 2.05) is 6.20 Å². The number of nitrogens with zero attached hydrogens (tertiary/aromatic N) is 4. The minimum absolute atomic E-state index is 0.613. The van der Waals surface area contributed by atoms with Crippen molar-refractivity contribution in [3.05, 3.63) is 12.5 Å². The summed E-state index contributed by atoms with van der Waals surface area (Å²) in [6.45, 7) is 2.25. The van der Waals surface area contributed by atoms with Crippen molar-refractivity contribution in [3.8, 4) is 0 Å². The van der Waals surface area contributed by atoms with Crippen LogP contribution in [0.3, 0.4) is 0 Å². The first-order valence-electron chi connectivity index (χ1n) is 4.77. The summed E-state index contributed by atoms with van der Waals surface area (Å²) < 4.78 is 0. The Hall–Kier alpha value is -1.19. The Labute approximate surface area is 77.0 Å². The van der Waals surface area contributed by atoms with Gasteiger partial charge in [0.2, 0.25) is 0 Å². The summed E-state index contributed by atoms with van der Waals surface area (Å²) in [7, 11) is 0. The molecule has 1 aliphatic carbocycles. The summed E-state index contributed by atoms with van der Waals surface area (Å²) in [5, 5.41) is 7.92. The average molecular weight is 176 g/mol. The number of fused-ring (bicyclic) bond motifs is 1. The smallest absolute Gasteiger partial charge is 0.170 e. The first kappa shape index (κ1) is 7.24. The second-order valence-corrected chi connectivity index (χ2v) is 4.02. The van der Waals surface area contributed by atoms with E-state index in [4.69, 9.17) is 0 Å². The van der Waals surface area contributed by atoms with Gasteiger partial charge in [-0.3, -0.25) is 0 Å². The molecule has 2 aliphatic rings. The van der Waals surface area contributed by atoms with Crippen LogP contribution in [-0.2, 0) is 0 Å². The van der Waals surface area contributed by atoms with Gasteiger partial charge in [0.25, 0.3) is 0 Å². The largest absolute Gasteiger partial charge is 0.348 e. The van der Waals surface area contributed by atoms with Crippen LogP contribution in [0, 0.1) is 5.92 Å². The molecule has 0 aromatic carbocycles. The molecule has 0 spiro atoms. The van der Waals surface area contributed by atoms with E-state index < -0.39 is 0 Å². The van der Waals surface area contributed by atoms with Crippen LogP contribution in [0.4, 0.5) is 5.82 Å². The molecule has 2 fully saturated rings. The summed E-state index contributed by atoms with van der Waals surface area (Å²) >= 11 is 0. The van der Waals surface area contributed by atoms with Crippen LogP contribution in [0.5, 0.6) is 0 Å². The number of hydrogen-bond donors (Lipinski definition) is 0. The van der Waals surface area contributed by atoms with Crippen LogP contribution < -0.4 is 4.90 Å². The molecule has 0 bridgehead atoms. The van der Waals surface area contributed by atoms with E-state index in [-0.39, 0.29) is 0 Å². The lowest BCUT2D eigenvalue weighted by atomic mass is 10.2. The monoisotopic (exact) mass is 176 g/mol. The number of anilines is 1. The van der Waals surface area contributed by atoms with Gasteiger partial charge < -0.3 is 4.90 Å². The Balaban J connectivity index is 1.92. The van der Waals surface area contributed by atoms with E-state index in [9.17, 15) is 0 Å². The minimum atomic E-state index is 0.613. The molecule has 3 unspecified atom stereocenters. The standard InChI is InChI=1S/C9H12N4/c1-6-2-7-3-8(7)13(6)9-4-10-5-11-12-9/h4-8H,2-3H2,1H3.